The predicted octanol–water partition coefficient (Wildman–Crippen LogP) is 9.88. The van der Waals surface area contributed by atoms with E-state index in [-0.39, 0.29) is 11.6 Å². The maximum atomic E-state index is 6.79. The summed E-state index contributed by atoms with van der Waals surface area (Å²) in [6, 6.07) is 50.5. The van der Waals surface area contributed by atoms with E-state index in [9.17, 15) is 0 Å². The fourth-order valence-corrected chi connectivity index (χ4v) is 8.11. The molecule has 7 aromatic rings. The van der Waals surface area contributed by atoms with Gasteiger partial charge in [-0.2, -0.15) is 0 Å². The molecule has 1 aromatic heterocycles. The zero-order valence-electron chi connectivity index (χ0n) is 28.4. The molecule has 2 aliphatic rings. The summed E-state index contributed by atoms with van der Waals surface area (Å²) >= 11 is 0. The fraction of sp³-hybridized carbons (Fsp3) is 0.200. The van der Waals surface area contributed by atoms with Gasteiger partial charge in [-0.05, 0) is 72.1 Å². The number of rotatable bonds is 5. The molecule has 1 radical (unpaired) electrons. The van der Waals surface area contributed by atoms with Crippen LogP contribution in [0.1, 0.15) is 49.9 Å². The number of hydrogen-bond donors (Lipinski definition) is 0. The minimum absolute atomic E-state index is 0.170. The van der Waals surface area contributed by atoms with E-state index < -0.39 is 11.0 Å². The summed E-state index contributed by atoms with van der Waals surface area (Å²) in [5.41, 5.74) is 11.5. The van der Waals surface area contributed by atoms with Crippen LogP contribution >= 0.6 is 0 Å². The molecule has 2 heterocycles. The van der Waals surface area contributed by atoms with E-state index in [1.807, 2.05) is 0 Å². The Balaban J connectivity index is 1.14. The van der Waals surface area contributed by atoms with Crippen molar-refractivity contribution < 1.29 is 13.9 Å². The molecule has 0 saturated carbocycles. The van der Waals surface area contributed by atoms with Crippen molar-refractivity contribution in [3.8, 4) is 22.3 Å². The Kier molecular flexibility index (Phi) is 6.82. The van der Waals surface area contributed by atoms with Crippen molar-refractivity contribution in [2.45, 2.75) is 50.3 Å². The van der Waals surface area contributed by atoms with Crippen LogP contribution in [0.3, 0.4) is 0 Å². The lowest BCUT2D eigenvalue weighted by Gasteiger charge is -2.48. The van der Waals surface area contributed by atoms with Crippen molar-refractivity contribution >= 4 is 34.7 Å². The highest BCUT2D eigenvalue weighted by atomic mass is 16.6. The molecule has 1 atom stereocenters. The fourth-order valence-electron chi connectivity index (χ4n) is 8.11. The molecule has 0 N–H and O–H groups in total. The predicted molar refractivity (Wildman–Crippen MR) is 201 cm³/mol. The van der Waals surface area contributed by atoms with Crippen LogP contribution in [0.2, 0.25) is 0 Å². The van der Waals surface area contributed by atoms with Crippen LogP contribution < -0.4 is 5.46 Å². The summed E-state index contributed by atoms with van der Waals surface area (Å²) in [6.07, 6.45) is 0. The molecule has 0 unspecified atom stereocenters. The van der Waals surface area contributed by atoms with E-state index in [0.29, 0.717) is 6.61 Å². The van der Waals surface area contributed by atoms with Crippen LogP contribution in [0.15, 0.2) is 144 Å². The second-order valence-corrected chi connectivity index (χ2v) is 14.4. The number of hydrogen-bond acceptors (Lipinski definition) is 3. The van der Waals surface area contributed by atoms with Gasteiger partial charge in [0.25, 0.3) is 0 Å². The molecule has 9 rings (SSSR count). The molecule has 1 fully saturated rings. The topological polar surface area (TPSA) is 31.6 Å². The maximum absolute atomic E-state index is 6.79. The van der Waals surface area contributed by atoms with Crippen molar-refractivity contribution in [1.29, 1.82) is 0 Å². The summed E-state index contributed by atoms with van der Waals surface area (Å²) < 4.78 is 19.6. The van der Waals surface area contributed by atoms with Gasteiger partial charge in [-0.1, -0.05) is 140 Å². The third-order valence-corrected chi connectivity index (χ3v) is 11.2. The SMILES string of the molecule is CC1(C)OC[C@H]([B]c2cccc3c2oc2c(-c4ccc(C5(c6ccccc6)c6ccccc6-c6ccccc65)cc4)cccc23)OC1(C)C. The van der Waals surface area contributed by atoms with Gasteiger partial charge in [0.15, 0.2) is 7.28 Å². The summed E-state index contributed by atoms with van der Waals surface area (Å²) in [7, 11) is 2.15. The standard InChI is InChI=1S/C45H38BO3/c1-43(2)44(3,4)49-40(28-47-43)46-39-23-13-20-36-35-19-12-18-32(41(35)48-42(36)39)29-24-26-31(27-25-29)45(30-14-6-5-7-15-30)37-21-10-8-16-33(37)34-17-9-11-22-38(34)45/h5-27,40H,28H2,1-4H3/t40-/m1/s1. The van der Waals surface area contributed by atoms with Crippen LogP contribution in [0.25, 0.3) is 44.2 Å². The van der Waals surface area contributed by atoms with Gasteiger partial charge in [0.1, 0.15) is 11.2 Å². The average Bonchev–Trinajstić information content (AvgIpc) is 3.66. The number of para-hydroxylation sites is 2. The third kappa shape index (κ3) is 4.51. The zero-order valence-corrected chi connectivity index (χ0v) is 28.4. The Morgan fingerprint density at radius 1 is 0.531 bits per heavy atom. The van der Waals surface area contributed by atoms with Gasteiger partial charge in [-0.3, -0.25) is 0 Å². The molecular formula is C45H38BO3. The van der Waals surface area contributed by atoms with Crippen molar-refractivity contribution in [3.63, 3.8) is 0 Å². The lowest BCUT2D eigenvalue weighted by Crippen LogP contribution is -2.59. The van der Waals surface area contributed by atoms with E-state index in [1.54, 1.807) is 0 Å². The molecule has 239 valence electrons. The summed E-state index contributed by atoms with van der Waals surface area (Å²) in [5.74, 6) is 0. The Morgan fingerprint density at radius 3 is 1.78 bits per heavy atom. The van der Waals surface area contributed by atoms with Gasteiger partial charge in [0.2, 0.25) is 0 Å². The normalized spacial score (nSPS) is 18.7. The molecule has 3 nitrogen and oxygen atoms in total. The summed E-state index contributed by atoms with van der Waals surface area (Å²) in [5, 5.41) is 2.20. The molecule has 49 heavy (non-hydrogen) atoms. The van der Waals surface area contributed by atoms with E-state index in [1.165, 1.54) is 33.4 Å². The van der Waals surface area contributed by atoms with Crippen LogP contribution in [0, 0.1) is 0 Å². The molecular weight excluding hydrogens is 599 g/mol. The number of furan rings is 1. The minimum atomic E-state index is -0.421. The minimum Gasteiger partial charge on any atom is -0.456 e. The second-order valence-electron chi connectivity index (χ2n) is 14.4. The Morgan fingerprint density at radius 2 is 1.10 bits per heavy atom. The lowest BCUT2D eigenvalue weighted by atomic mass is 9.63. The molecule has 0 bridgehead atoms. The Labute approximate surface area is 288 Å². The van der Waals surface area contributed by atoms with Crippen molar-refractivity contribution in [1.82, 2.24) is 0 Å². The number of ether oxygens (including phenoxy) is 2. The first-order chi connectivity index (χ1) is 23.8. The van der Waals surface area contributed by atoms with Crippen molar-refractivity contribution in [3.05, 3.63) is 162 Å². The molecule has 0 spiro atoms. The van der Waals surface area contributed by atoms with Gasteiger partial charge < -0.3 is 13.9 Å². The Bertz CT molecular complexity index is 2300. The smallest absolute Gasteiger partial charge is 0.198 e. The van der Waals surface area contributed by atoms with Gasteiger partial charge in [0, 0.05) is 16.3 Å². The van der Waals surface area contributed by atoms with E-state index in [4.69, 9.17) is 13.9 Å². The molecule has 6 aromatic carbocycles. The van der Waals surface area contributed by atoms with Gasteiger partial charge >= 0.3 is 0 Å². The van der Waals surface area contributed by atoms with Crippen LogP contribution in [0.5, 0.6) is 0 Å². The first-order valence-corrected chi connectivity index (χ1v) is 17.2. The first kappa shape index (κ1) is 30.2. The van der Waals surface area contributed by atoms with Crippen LogP contribution in [0.4, 0.5) is 0 Å². The van der Waals surface area contributed by atoms with Gasteiger partial charge in [0.05, 0.1) is 29.2 Å². The van der Waals surface area contributed by atoms with E-state index in [0.717, 1.165) is 38.5 Å². The number of benzene rings is 6. The van der Waals surface area contributed by atoms with Crippen molar-refractivity contribution in [2.24, 2.45) is 0 Å². The van der Waals surface area contributed by atoms with Gasteiger partial charge in [-0.25, -0.2) is 0 Å². The van der Waals surface area contributed by atoms with E-state index >= 15 is 0 Å². The quantitative estimate of drug-likeness (QED) is 0.176. The van der Waals surface area contributed by atoms with Crippen LogP contribution in [-0.2, 0) is 14.9 Å². The summed E-state index contributed by atoms with van der Waals surface area (Å²) in [4.78, 5) is 0. The highest BCUT2D eigenvalue weighted by Gasteiger charge is 2.46. The third-order valence-electron chi connectivity index (χ3n) is 11.2. The largest absolute Gasteiger partial charge is 0.456 e. The highest BCUT2D eigenvalue weighted by Crippen LogP contribution is 2.56. The second kappa shape index (κ2) is 11.1. The average molecular weight is 638 g/mol. The molecule has 1 aliphatic heterocycles. The number of fused-ring (bicyclic) bond motifs is 6. The molecule has 1 aliphatic carbocycles. The molecule has 0 amide bonds. The molecule has 1 saturated heterocycles. The summed E-state index contributed by atoms with van der Waals surface area (Å²) in [6.45, 7) is 8.87. The maximum Gasteiger partial charge on any atom is 0.198 e. The van der Waals surface area contributed by atoms with Crippen LogP contribution in [-0.4, -0.2) is 31.1 Å². The first-order valence-electron chi connectivity index (χ1n) is 17.2. The highest BCUT2D eigenvalue weighted by molar-refractivity contribution is 6.58. The van der Waals surface area contributed by atoms with Crippen molar-refractivity contribution in [2.75, 3.05) is 6.61 Å². The van der Waals surface area contributed by atoms with E-state index in [2.05, 4.69) is 175 Å². The zero-order chi connectivity index (χ0) is 33.4. The lowest BCUT2D eigenvalue weighted by molar-refractivity contribution is -0.243. The monoisotopic (exact) mass is 637 g/mol. The molecule has 4 heteroatoms. The Hall–Kier alpha value is -4.90. The van der Waals surface area contributed by atoms with Gasteiger partial charge in [-0.15, -0.1) is 0 Å².